The molecule has 0 heterocycles. The minimum Gasteiger partial charge on any atom is -1.00 e. The first kappa shape index (κ1) is 35.8. The van der Waals surface area contributed by atoms with Gasteiger partial charge in [-0.1, -0.05) is 104 Å². The topological polar surface area (TPSA) is 0 Å². The van der Waals surface area contributed by atoms with Gasteiger partial charge in [0.05, 0.1) is 0 Å². The normalized spacial score (nSPS) is 11.0. The van der Waals surface area contributed by atoms with Crippen molar-refractivity contribution in [3.63, 3.8) is 0 Å². The summed E-state index contributed by atoms with van der Waals surface area (Å²) in [4.78, 5) is 0. The van der Waals surface area contributed by atoms with E-state index in [9.17, 15) is 0 Å². The van der Waals surface area contributed by atoms with Crippen LogP contribution in [0.5, 0.6) is 0 Å². The molecule has 0 aliphatic carbocycles. The smallest absolute Gasteiger partial charge is 1.00 e. The van der Waals surface area contributed by atoms with Crippen molar-refractivity contribution in [1.82, 2.24) is 0 Å². The molecule has 4 aromatic rings. The van der Waals surface area contributed by atoms with E-state index < -0.39 is 0 Å². The van der Waals surface area contributed by atoms with Crippen LogP contribution in [0.1, 0.15) is 126 Å². The monoisotopic (exact) mass is 575 g/mol. The van der Waals surface area contributed by atoms with E-state index in [0.29, 0.717) is 23.7 Å². The number of benzene rings is 2. The fraction of sp³-hybridized carbons (Fsp3) is 0.471. The van der Waals surface area contributed by atoms with Crippen LogP contribution in [0.3, 0.4) is 0 Å². The number of hydrogen-bond acceptors (Lipinski definition) is 0. The van der Waals surface area contributed by atoms with E-state index in [1.807, 2.05) is 0 Å². The largest absolute Gasteiger partial charge is 4.00 e. The molecule has 0 aromatic heterocycles. The van der Waals surface area contributed by atoms with E-state index >= 15 is 0 Å². The van der Waals surface area contributed by atoms with Crippen LogP contribution in [0.15, 0.2) is 48.5 Å². The third kappa shape index (κ3) is 8.40. The van der Waals surface area contributed by atoms with Crippen LogP contribution in [-0.2, 0) is 31.4 Å². The molecule has 4 rings (SSSR count). The Labute approximate surface area is 251 Å². The minimum atomic E-state index is 0. The zero-order valence-electron chi connectivity index (χ0n) is 24.5. The molecule has 4 aromatic carbocycles. The van der Waals surface area contributed by atoms with Gasteiger partial charge in [0, 0.05) is 0 Å². The van der Waals surface area contributed by atoms with Crippen molar-refractivity contribution in [2.75, 3.05) is 0 Å². The molecule has 0 unspecified atom stereocenters. The summed E-state index contributed by atoms with van der Waals surface area (Å²) >= 11 is 0. The van der Waals surface area contributed by atoms with Gasteiger partial charge in [-0.15, -0.1) is 56.9 Å². The van der Waals surface area contributed by atoms with Gasteiger partial charge in [0.1, 0.15) is 0 Å². The molecular formula is C34H46Cl2V. The molecule has 0 saturated heterocycles. The third-order valence-corrected chi connectivity index (χ3v) is 7.27. The van der Waals surface area contributed by atoms with Gasteiger partial charge in [-0.2, -0.15) is 12.1 Å². The Morgan fingerprint density at radius 2 is 0.838 bits per heavy atom. The van der Waals surface area contributed by atoms with Gasteiger partial charge in [0.25, 0.3) is 0 Å². The van der Waals surface area contributed by atoms with E-state index in [4.69, 9.17) is 0 Å². The number of hydrogen-bond donors (Lipinski definition) is 0. The predicted octanol–water partition coefficient (Wildman–Crippen LogP) is 4.74. The fourth-order valence-electron chi connectivity index (χ4n) is 4.90. The zero-order chi connectivity index (χ0) is 25.2. The van der Waals surface area contributed by atoms with Crippen molar-refractivity contribution in [2.45, 2.75) is 106 Å². The number of fused-ring (bicyclic) bond motifs is 2. The van der Waals surface area contributed by atoms with Crippen LogP contribution in [-0.4, -0.2) is 0 Å². The summed E-state index contributed by atoms with van der Waals surface area (Å²) in [7, 11) is 0. The summed E-state index contributed by atoms with van der Waals surface area (Å²) in [6.07, 6.45) is 2.26. The maximum absolute atomic E-state index is 2.40. The third-order valence-electron chi connectivity index (χ3n) is 7.27. The van der Waals surface area contributed by atoms with Gasteiger partial charge in [0.2, 0.25) is 0 Å². The SMILES string of the molecule is CCc1cc2c(C(C)C)cc(C(C)C)cc2[cH-]1.CCc1cc2c(C(C)C)cc(C(C)C)cc2[cH-]1.[Cl-].[Cl-].[V+4]. The number of halogens is 2. The second-order valence-electron chi connectivity index (χ2n) is 11.3. The van der Waals surface area contributed by atoms with Gasteiger partial charge in [-0.25, -0.2) is 0 Å². The molecule has 0 bridgehead atoms. The van der Waals surface area contributed by atoms with Crippen LogP contribution in [0.4, 0.5) is 0 Å². The van der Waals surface area contributed by atoms with E-state index in [1.165, 1.54) is 54.9 Å². The van der Waals surface area contributed by atoms with Crippen molar-refractivity contribution in [3.05, 3.63) is 81.9 Å². The summed E-state index contributed by atoms with van der Waals surface area (Å²) in [6, 6.07) is 19.0. The van der Waals surface area contributed by atoms with Crippen molar-refractivity contribution in [3.8, 4) is 0 Å². The molecule has 0 fully saturated rings. The molecule has 0 atom stereocenters. The van der Waals surface area contributed by atoms with Crippen molar-refractivity contribution in [2.24, 2.45) is 0 Å². The molecule has 0 amide bonds. The first-order valence-corrected chi connectivity index (χ1v) is 13.5. The Bertz CT molecular complexity index is 1140. The molecule has 37 heavy (non-hydrogen) atoms. The predicted molar refractivity (Wildman–Crippen MR) is 154 cm³/mol. The maximum atomic E-state index is 2.40. The van der Waals surface area contributed by atoms with Gasteiger partial charge in [-0.05, 0) is 36.5 Å². The van der Waals surface area contributed by atoms with Crippen molar-refractivity contribution in [1.29, 1.82) is 0 Å². The van der Waals surface area contributed by atoms with Crippen molar-refractivity contribution >= 4 is 21.5 Å². The van der Waals surface area contributed by atoms with Crippen LogP contribution in [0.25, 0.3) is 21.5 Å². The van der Waals surface area contributed by atoms with Gasteiger partial charge >= 0.3 is 18.6 Å². The van der Waals surface area contributed by atoms with E-state index in [1.54, 1.807) is 0 Å². The Morgan fingerprint density at radius 3 is 1.08 bits per heavy atom. The Kier molecular flexibility index (Phi) is 14.9. The first-order chi connectivity index (χ1) is 16.0. The molecule has 0 spiro atoms. The van der Waals surface area contributed by atoms with Gasteiger partial charge < -0.3 is 24.8 Å². The molecule has 0 aliphatic heterocycles. The van der Waals surface area contributed by atoms with E-state index in [2.05, 4.69) is 118 Å². The molecule has 0 nitrogen and oxygen atoms in total. The van der Waals surface area contributed by atoms with Crippen LogP contribution in [0, 0.1) is 0 Å². The number of rotatable bonds is 6. The molecule has 201 valence electrons. The molecular weight excluding hydrogens is 530 g/mol. The van der Waals surface area contributed by atoms with E-state index in [-0.39, 0.29) is 43.4 Å². The summed E-state index contributed by atoms with van der Waals surface area (Å²) in [5, 5.41) is 5.77. The molecule has 3 heteroatoms. The maximum Gasteiger partial charge on any atom is 4.00 e. The Morgan fingerprint density at radius 1 is 0.514 bits per heavy atom. The van der Waals surface area contributed by atoms with Gasteiger partial charge in [0.15, 0.2) is 0 Å². The molecule has 1 radical (unpaired) electrons. The molecule has 0 N–H and O–H groups in total. The van der Waals surface area contributed by atoms with Crippen LogP contribution < -0.4 is 24.8 Å². The Balaban J connectivity index is 0.000000648. The molecule has 0 saturated carbocycles. The average molecular weight is 577 g/mol. The zero-order valence-corrected chi connectivity index (χ0v) is 27.5. The fourth-order valence-corrected chi connectivity index (χ4v) is 4.90. The molecule has 0 aliphatic rings. The van der Waals surface area contributed by atoms with E-state index in [0.717, 1.165) is 12.8 Å². The average Bonchev–Trinajstić information content (AvgIpc) is 3.40. The first-order valence-electron chi connectivity index (χ1n) is 13.5. The second kappa shape index (κ2) is 15.4. The summed E-state index contributed by atoms with van der Waals surface area (Å²) < 4.78 is 0. The van der Waals surface area contributed by atoms with Crippen LogP contribution in [0.2, 0.25) is 0 Å². The van der Waals surface area contributed by atoms with Gasteiger partial charge in [-0.3, -0.25) is 0 Å². The van der Waals surface area contributed by atoms with Crippen LogP contribution >= 0.6 is 0 Å². The van der Waals surface area contributed by atoms with Crippen molar-refractivity contribution < 1.29 is 43.4 Å². The summed E-state index contributed by atoms with van der Waals surface area (Å²) in [5.74, 6) is 2.42. The Hall–Kier alpha value is -1.18. The second-order valence-corrected chi connectivity index (χ2v) is 11.3. The standard InChI is InChI=1S/2C17H23.2ClH.V/c2*1-6-13-7-15-9-14(11(2)3)10-16(12(4)5)17(15)8-13;;;/h2*7-12H,6H2,1-5H3;2*1H;/q2*-1;;;+4/p-2. The summed E-state index contributed by atoms with van der Waals surface area (Å²) in [6.45, 7) is 22.7. The quantitative estimate of drug-likeness (QED) is 0.291. The number of aryl methyl sites for hydroxylation is 2. The summed E-state index contributed by atoms with van der Waals surface area (Å²) in [5.41, 5.74) is 8.87. The minimum absolute atomic E-state index is 0.